The number of nitrogens with one attached hydrogen (secondary N) is 2. The largest absolute Gasteiger partial charge is 0.302 e. The molecule has 2 N–H and O–H groups in total. The molecule has 1 amide bonds. The first-order valence-corrected chi connectivity index (χ1v) is 8.84. The third kappa shape index (κ3) is 2.47. The lowest BCUT2D eigenvalue weighted by Crippen LogP contribution is -2.12. The van der Waals surface area contributed by atoms with E-state index in [1.165, 1.54) is 17.4 Å². The fraction of sp³-hybridized carbons (Fsp3) is 0.167. The summed E-state index contributed by atoms with van der Waals surface area (Å²) in [6.07, 6.45) is 3.54. The minimum Gasteiger partial charge on any atom is -0.302 e. The molecule has 7 heteroatoms. The third-order valence-corrected chi connectivity index (χ3v) is 5.36. The molecule has 0 saturated heterocycles. The second-order valence-corrected chi connectivity index (χ2v) is 7.25. The second-order valence-electron chi connectivity index (χ2n) is 6.22. The Labute approximate surface area is 145 Å². The van der Waals surface area contributed by atoms with Crippen molar-refractivity contribution in [2.45, 2.75) is 12.8 Å². The SMILES string of the molecule is O=C(Nc1nc2ccc(-c3c(F)ccc4[nH]ncc34)cc2s1)C1CC1. The van der Waals surface area contributed by atoms with E-state index >= 15 is 0 Å². The summed E-state index contributed by atoms with van der Waals surface area (Å²) in [6, 6.07) is 8.72. The van der Waals surface area contributed by atoms with E-state index in [1.807, 2.05) is 18.2 Å². The zero-order valence-corrected chi connectivity index (χ0v) is 13.9. The summed E-state index contributed by atoms with van der Waals surface area (Å²) in [7, 11) is 0. The van der Waals surface area contributed by atoms with Crippen LogP contribution in [0.1, 0.15) is 12.8 Å². The van der Waals surface area contributed by atoms with Gasteiger partial charge in [0.15, 0.2) is 5.13 Å². The molecule has 0 bridgehead atoms. The van der Waals surface area contributed by atoms with Crippen molar-refractivity contribution in [3.05, 3.63) is 42.3 Å². The van der Waals surface area contributed by atoms with Crippen LogP contribution in [0.4, 0.5) is 9.52 Å². The van der Waals surface area contributed by atoms with Crippen molar-refractivity contribution in [1.29, 1.82) is 0 Å². The Morgan fingerprint density at radius 1 is 1.28 bits per heavy atom. The number of hydrogen-bond donors (Lipinski definition) is 2. The molecule has 124 valence electrons. The predicted molar refractivity (Wildman–Crippen MR) is 96.0 cm³/mol. The average molecular weight is 352 g/mol. The Bertz CT molecular complexity index is 1130. The Kier molecular flexibility index (Phi) is 3.11. The number of carbonyl (C=O) groups is 1. The van der Waals surface area contributed by atoms with Gasteiger partial charge in [0, 0.05) is 16.9 Å². The van der Waals surface area contributed by atoms with Crippen LogP contribution >= 0.6 is 11.3 Å². The second kappa shape index (κ2) is 5.35. The van der Waals surface area contributed by atoms with Crippen molar-refractivity contribution >= 4 is 43.5 Å². The predicted octanol–water partition coefficient (Wildman–Crippen LogP) is 4.33. The monoisotopic (exact) mass is 352 g/mol. The van der Waals surface area contributed by atoms with Crippen LogP contribution in [0.15, 0.2) is 36.5 Å². The summed E-state index contributed by atoms with van der Waals surface area (Å²) in [6.45, 7) is 0. The molecule has 4 aromatic rings. The topological polar surface area (TPSA) is 70.7 Å². The molecule has 1 aliphatic rings. The number of rotatable bonds is 3. The summed E-state index contributed by atoms with van der Waals surface area (Å²) in [4.78, 5) is 16.3. The van der Waals surface area contributed by atoms with Crippen LogP contribution in [0.5, 0.6) is 0 Å². The summed E-state index contributed by atoms with van der Waals surface area (Å²) in [5, 5.41) is 11.1. The van der Waals surface area contributed by atoms with Gasteiger partial charge in [0.1, 0.15) is 5.82 Å². The van der Waals surface area contributed by atoms with Crippen molar-refractivity contribution in [1.82, 2.24) is 15.2 Å². The Balaban J connectivity index is 1.58. The van der Waals surface area contributed by atoms with Gasteiger partial charge in [0.2, 0.25) is 5.91 Å². The first-order chi connectivity index (χ1) is 12.2. The number of carbonyl (C=O) groups excluding carboxylic acids is 1. The molecular weight excluding hydrogens is 339 g/mol. The van der Waals surface area contributed by atoms with Crippen LogP contribution in [0.3, 0.4) is 0 Å². The number of hydrogen-bond acceptors (Lipinski definition) is 4. The molecule has 0 radical (unpaired) electrons. The molecule has 2 aromatic heterocycles. The van der Waals surface area contributed by atoms with Crippen molar-refractivity contribution in [3.8, 4) is 11.1 Å². The van der Waals surface area contributed by atoms with Crippen molar-refractivity contribution in [2.24, 2.45) is 5.92 Å². The lowest BCUT2D eigenvalue weighted by molar-refractivity contribution is -0.117. The van der Waals surface area contributed by atoms with Gasteiger partial charge in [-0.2, -0.15) is 5.10 Å². The van der Waals surface area contributed by atoms with Gasteiger partial charge in [-0.15, -0.1) is 0 Å². The van der Waals surface area contributed by atoms with E-state index in [4.69, 9.17) is 0 Å². The molecule has 0 unspecified atom stereocenters. The molecular formula is C18H13FN4OS. The van der Waals surface area contributed by atoms with Crippen LogP contribution in [0.25, 0.3) is 32.2 Å². The molecule has 1 saturated carbocycles. The van der Waals surface area contributed by atoms with Crippen LogP contribution in [-0.2, 0) is 4.79 Å². The van der Waals surface area contributed by atoms with Gasteiger partial charge in [-0.1, -0.05) is 17.4 Å². The number of amides is 1. The van der Waals surface area contributed by atoms with E-state index in [2.05, 4.69) is 20.5 Å². The number of H-pyrrole nitrogens is 1. The summed E-state index contributed by atoms with van der Waals surface area (Å²) >= 11 is 1.40. The van der Waals surface area contributed by atoms with Gasteiger partial charge < -0.3 is 5.32 Å². The quantitative estimate of drug-likeness (QED) is 0.577. The molecule has 2 heterocycles. The van der Waals surface area contributed by atoms with Crippen molar-refractivity contribution in [2.75, 3.05) is 5.32 Å². The summed E-state index contributed by atoms with van der Waals surface area (Å²) in [5.74, 6) is -0.121. The van der Waals surface area contributed by atoms with E-state index in [0.29, 0.717) is 10.7 Å². The number of fused-ring (bicyclic) bond motifs is 2. The molecule has 5 nitrogen and oxygen atoms in total. The summed E-state index contributed by atoms with van der Waals surface area (Å²) in [5.41, 5.74) is 2.86. The highest BCUT2D eigenvalue weighted by Crippen LogP contribution is 2.36. The van der Waals surface area contributed by atoms with Crippen molar-refractivity contribution < 1.29 is 9.18 Å². The average Bonchev–Trinajstić information content (AvgIpc) is 3.22. The van der Waals surface area contributed by atoms with Gasteiger partial charge >= 0.3 is 0 Å². The molecule has 2 aromatic carbocycles. The van der Waals surface area contributed by atoms with Crippen molar-refractivity contribution in [3.63, 3.8) is 0 Å². The maximum atomic E-state index is 14.4. The number of anilines is 1. The number of nitrogens with zero attached hydrogens (tertiary/aromatic N) is 2. The molecule has 1 aliphatic carbocycles. The number of aromatic amines is 1. The van der Waals surface area contributed by atoms with Gasteiger partial charge in [-0.05, 0) is 42.7 Å². The number of benzene rings is 2. The minimum absolute atomic E-state index is 0.0356. The highest BCUT2D eigenvalue weighted by Gasteiger charge is 2.30. The van der Waals surface area contributed by atoms with E-state index in [-0.39, 0.29) is 17.6 Å². The van der Waals surface area contributed by atoms with Crippen LogP contribution < -0.4 is 5.32 Å². The minimum atomic E-state index is -0.292. The van der Waals surface area contributed by atoms with Crippen LogP contribution in [-0.4, -0.2) is 21.1 Å². The smallest absolute Gasteiger partial charge is 0.229 e. The maximum Gasteiger partial charge on any atom is 0.229 e. The molecule has 1 fully saturated rings. The zero-order valence-electron chi connectivity index (χ0n) is 13.0. The Hall–Kier alpha value is -2.80. The highest BCUT2D eigenvalue weighted by atomic mass is 32.1. The molecule has 0 atom stereocenters. The highest BCUT2D eigenvalue weighted by molar-refractivity contribution is 7.22. The number of halogens is 1. The van der Waals surface area contributed by atoms with E-state index < -0.39 is 0 Å². The lowest BCUT2D eigenvalue weighted by atomic mass is 10.0. The number of aromatic nitrogens is 3. The first kappa shape index (κ1) is 14.5. The van der Waals surface area contributed by atoms with E-state index in [0.717, 1.165) is 39.5 Å². The Morgan fingerprint density at radius 3 is 3.00 bits per heavy atom. The summed E-state index contributed by atoms with van der Waals surface area (Å²) < 4.78 is 15.4. The van der Waals surface area contributed by atoms with Crippen LogP contribution in [0.2, 0.25) is 0 Å². The van der Waals surface area contributed by atoms with E-state index in [1.54, 1.807) is 12.3 Å². The normalized spacial score (nSPS) is 14.3. The fourth-order valence-electron chi connectivity index (χ4n) is 2.97. The fourth-order valence-corrected chi connectivity index (χ4v) is 3.88. The number of thiazole rings is 1. The van der Waals surface area contributed by atoms with Gasteiger partial charge in [0.05, 0.1) is 21.9 Å². The zero-order chi connectivity index (χ0) is 17.0. The molecule has 25 heavy (non-hydrogen) atoms. The van der Waals surface area contributed by atoms with Gasteiger partial charge in [-0.3, -0.25) is 9.89 Å². The third-order valence-electron chi connectivity index (χ3n) is 4.43. The van der Waals surface area contributed by atoms with Crippen LogP contribution in [0, 0.1) is 11.7 Å². The first-order valence-electron chi connectivity index (χ1n) is 8.02. The molecule has 5 rings (SSSR count). The Morgan fingerprint density at radius 2 is 2.16 bits per heavy atom. The van der Waals surface area contributed by atoms with E-state index in [9.17, 15) is 9.18 Å². The van der Waals surface area contributed by atoms with Gasteiger partial charge in [-0.25, -0.2) is 9.37 Å². The molecule has 0 aliphatic heterocycles. The standard InChI is InChI=1S/C18H13FN4OS/c19-12-4-6-13-11(8-20-23-13)16(12)10-3-5-14-15(7-10)25-18(21-14)22-17(24)9-1-2-9/h3-9H,1-2H2,(H,20,23)(H,21,22,24). The van der Waals surface area contributed by atoms with Gasteiger partial charge in [0.25, 0.3) is 0 Å². The lowest BCUT2D eigenvalue weighted by Gasteiger charge is -2.05. The molecule has 0 spiro atoms. The maximum absolute atomic E-state index is 14.4.